The summed E-state index contributed by atoms with van der Waals surface area (Å²) in [6.45, 7) is 6.60. The summed E-state index contributed by atoms with van der Waals surface area (Å²) in [5.74, 6) is 0.661. The number of benzene rings is 1. The lowest BCUT2D eigenvalue weighted by Gasteiger charge is -2.13. The van der Waals surface area contributed by atoms with Gasteiger partial charge in [0.05, 0.1) is 6.10 Å². The van der Waals surface area contributed by atoms with Crippen molar-refractivity contribution in [3.63, 3.8) is 0 Å². The molecule has 0 fully saturated rings. The van der Waals surface area contributed by atoms with Crippen LogP contribution in [-0.4, -0.2) is 5.11 Å². The molecule has 1 N–H and O–H groups in total. The Labute approximate surface area is 106 Å². The fraction of sp³-hybridized carbons (Fsp3) is 0.625. The Morgan fingerprint density at radius 3 is 2.24 bits per heavy atom. The molecule has 0 amide bonds. The fourth-order valence-electron chi connectivity index (χ4n) is 1.95. The van der Waals surface area contributed by atoms with Gasteiger partial charge in [-0.3, -0.25) is 0 Å². The smallest absolute Gasteiger partial charge is 0.0790 e. The molecular formula is C16H26O. The summed E-state index contributed by atoms with van der Waals surface area (Å²) >= 11 is 0. The average molecular weight is 234 g/mol. The second-order valence-electron chi connectivity index (χ2n) is 5.33. The van der Waals surface area contributed by atoms with Gasteiger partial charge < -0.3 is 5.11 Å². The first-order valence-corrected chi connectivity index (χ1v) is 6.90. The minimum Gasteiger partial charge on any atom is -0.388 e. The Hall–Kier alpha value is -0.820. The lowest BCUT2D eigenvalue weighted by Crippen LogP contribution is -2.00. The van der Waals surface area contributed by atoms with Crippen LogP contribution in [0.1, 0.15) is 63.7 Å². The molecule has 0 heterocycles. The zero-order chi connectivity index (χ0) is 12.7. The van der Waals surface area contributed by atoms with Crippen LogP contribution in [0.3, 0.4) is 0 Å². The molecule has 1 rings (SSSR count). The number of aryl methyl sites for hydroxylation is 1. The average Bonchev–Trinajstić information content (AvgIpc) is 2.34. The van der Waals surface area contributed by atoms with Gasteiger partial charge >= 0.3 is 0 Å². The maximum absolute atomic E-state index is 10.0. The minimum absolute atomic E-state index is 0.294. The third-order valence-corrected chi connectivity index (χ3v) is 3.20. The molecule has 1 unspecified atom stereocenters. The molecule has 1 aromatic rings. The summed E-state index contributed by atoms with van der Waals surface area (Å²) in [6.07, 6.45) is 5.29. The highest BCUT2D eigenvalue weighted by atomic mass is 16.3. The molecule has 0 bridgehead atoms. The number of hydrogen-bond acceptors (Lipinski definition) is 1. The third-order valence-electron chi connectivity index (χ3n) is 3.20. The minimum atomic E-state index is -0.294. The molecule has 1 nitrogen and oxygen atoms in total. The zero-order valence-electron chi connectivity index (χ0n) is 11.4. The van der Waals surface area contributed by atoms with E-state index >= 15 is 0 Å². The lowest BCUT2D eigenvalue weighted by atomic mass is 9.98. The molecule has 1 aromatic carbocycles. The Morgan fingerprint density at radius 1 is 1.06 bits per heavy atom. The van der Waals surface area contributed by atoms with Crippen LogP contribution in [0.2, 0.25) is 0 Å². The largest absolute Gasteiger partial charge is 0.388 e. The van der Waals surface area contributed by atoms with Crippen molar-refractivity contribution >= 4 is 0 Å². The van der Waals surface area contributed by atoms with Crippen molar-refractivity contribution in [1.29, 1.82) is 0 Å². The summed E-state index contributed by atoms with van der Waals surface area (Å²) in [7, 11) is 0. The topological polar surface area (TPSA) is 20.2 Å². The number of rotatable bonds is 7. The van der Waals surface area contributed by atoms with Gasteiger partial charge in [0, 0.05) is 0 Å². The maximum atomic E-state index is 10.0. The first kappa shape index (κ1) is 14.2. The molecule has 96 valence electrons. The fourth-order valence-corrected chi connectivity index (χ4v) is 1.95. The van der Waals surface area contributed by atoms with Crippen molar-refractivity contribution in [2.75, 3.05) is 0 Å². The molecular weight excluding hydrogens is 208 g/mol. The summed E-state index contributed by atoms with van der Waals surface area (Å²) in [5, 5.41) is 10.0. The highest BCUT2D eigenvalue weighted by Crippen LogP contribution is 2.21. The number of unbranched alkanes of at least 4 members (excludes halogenated alkanes) is 1. The summed E-state index contributed by atoms with van der Waals surface area (Å²) in [6, 6.07) is 8.47. The molecule has 17 heavy (non-hydrogen) atoms. The molecule has 1 atom stereocenters. The van der Waals surface area contributed by atoms with Gasteiger partial charge in [0.1, 0.15) is 0 Å². The van der Waals surface area contributed by atoms with Gasteiger partial charge in [-0.05, 0) is 42.7 Å². The molecule has 0 radical (unpaired) electrons. The predicted octanol–water partition coefficient (Wildman–Crippen LogP) is 4.50. The van der Waals surface area contributed by atoms with Crippen LogP contribution in [0.4, 0.5) is 0 Å². The van der Waals surface area contributed by atoms with E-state index in [4.69, 9.17) is 0 Å². The Bertz CT molecular complexity index is 300. The maximum Gasteiger partial charge on any atom is 0.0790 e. The van der Waals surface area contributed by atoms with Crippen molar-refractivity contribution in [2.45, 2.75) is 59.0 Å². The molecule has 0 saturated carbocycles. The van der Waals surface area contributed by atoms with Gasteiger partial charge in [0.15, 0.2) is 0 Å². The predicted molar refractivity (Wildman–Crippen MR) is 74.1 cm³/mol. The van der Waals surface area contributed by atoms with E-state index in [0.717, 1.165) is 24.8 Å². The Balaban J connectivity index is 2.48. The molecule has 0 spiro atoms. The van der Waals surface area contributed by atoms with E-state index in [2.05, 4.69) is 45.0 Å². The van der Waals surface area contributed by atoms with Crippen molar-refractivity contribution in [1.82, 2.24) is 0 Å². The van der Waals surface area contributed by atoms with Crippen LogP contribution in [0.25, 0.3) is 0 Å². The highest BCUT2D eigenvalue weighted by Gasteiger charge is 2.08. The van der Waals surface area contributed by atoms with Gasteiger partial charge in [0.25, 0.3) is 0 Å². The van der Waals surface area contributed by atoms with Crippen molar-refractivity contribution < 1.29 is 5.11 Å². The van der Waals surface area contributed by atoms with Crippen LogP contribution in [0.5, 0.6) is 0 Å². The van der Waals surface area contributed by atoms with Gasteiger partial charge in [0.2, 0.25) is 0 Å². The van der Waals surface area contributed by atoms with E-state index in [-0.39, 0.29) is 6.10 Å². The molecule has 1 heteroatoms. The first-order chi connectivity index (χ1) is 8.13. The zero-order valence-corrected chi connectivity index (χ0v) is 11.4. The van der Waals surface area contributed by atoms with E-state index in [9.17, 15) is 5.11 Å². The Kier molecular flexibility index (Phi) is 6.28. The Morgan fingerprint density at radius 2 is 1.71 bits per heavy atom. The van der Waals surface area contributed by atoms with Crippen molar-refractivity contribution in [3.05, 3.63) is 35.4 Å². The van der Waals surface area contributed by atoms with Gasteiger partial charge in [-0.15, -0.1) is 0 Å². The lowest BCUT2D eigenvalue weighted by molar-refractivity contribution is 0.159. The van der Waals surface area contributed by atoms with Crippen molar-refractivity contribution in [3.8, 4) is 0 Å². The van der Waals surface area contributed by atoms with Crippen LogP contribution in [0, 0.1) is 5.92 Å². The van der Waals surface area contributed by atoms with Gasteiger partial charge in [-0.25, -0.2) is 0 Å². The van der Waals surface area contributed by atoms with E-state index in [1.807, 2.05) is 0 Å². The molecule has 0 saturated heterocycles. The molecule has 0 aliphatic rings. The van der Waals surface area contributed by atoms with Crippen LogP contribution < -0.4 is 0 Å². The van der Waals surface area contributed by atoms with E-state index in [1.54, 1.807) is 0 Å². The quantitative estimate of drug-likeness (QED) is 0.736. The monoisotopic (exact) mass is 234 g/mol. The summed E-state index contributed by atoms with van der Waals surface area (Å²) in [5.41, 5.74) is 2.44. The SMILES string of the molecule is CCCCc1ccc(C(O)CCC(C)C)cc1. The van der Waals surface area contributed by atoms with E-state index in [1.165, 1.54) is 18.4 Å². The van der Waals surface area contributed by atoms with Crippen LogP contribution in [-0.2, 0) is 6.42 Å². The molecule has 0 aliphatic heterocycles. The second-order valence-corrected chi connectivity index (χ2v) is 5.33. The first-order valence-electron chi connectivity index (χ1n) is 6.90. The number of hydrogen-bond donors (Lipinski definition) is 1. The van der Waals surface area contributed by atoms with E-state index < -0.39 is 0 Å². The second kappa shape index (κ2) is 7.50. The molecule has 0 aliphatic carbocycles. The number of aliphatic hydroxyl groups excluding tert-OH is 1. The van der Waals surface area contributed by atoms with Gasteiger partial charge in [-0.2, -0.15) is 0 Å². The summed E-state index contributed by atoms with van der Waals surface area (Å²) < 4.78 is 0. The molecule has 0 aromatic heterocycles. The van der Waals surface area contributed by atoms with Crippen LogP contribution in [0.15, 0.2) is 24.3 Å². The third kappa shape index (κ3) is 5.36. The summed E-state index contributed by atoms with van der Waals surface area (Å²) in [4.78, 5) is 0. The normalized spacial score (nSPS) is 13.0. The number of aliphatic hydroxyl groups is 1. The van der Waals surface area contributed by atoms with Crippen molar-refractivity contribution in [2.24, 2.45) is 5.92 Å². The highest BCUT2D eigenvalue weighted by molar-refractivity contribution is 5.24. The standard InChI is InChI=1S/C16H26O/c1-4-5-6-14-8-10-15(11-9-14)16(17)12-7-13(2)3/h8-11,13,16-17H,4-7,12H2,1-3H3. The van der Waals surface area contributed by atoms with E-state index in [0.29, 0.717) is 5.92 Å². The van der Waals surface area contributed by atoms with Crippen LogP contribution >= 0.6 is 0 Å². The van der Waals surface area contributed by atoms with Gasteiger partial charge in [-0.1, -0.05) is 51.5 Å².